The van der Waals surface area contributed by atoms with E-state index >= 15 is 0 Å². The van der Waals surface area contributed by atoms with Gasteiger partial charge in [0.25, 0.3) is 11.5 Å². The van der Waals surface area contributed by atoms with Crippen molar-refractivity contribution >= 4 is 28.9 Å². The zero-order valence-corrected chi connectivity index (χ0v) is 16.7. The Kier molecular flexibility index (Phi) is 4.60. The SMILES string of the molecule is CNc1cc(Nc2cccn(C3CC(F)C3)c2=O)nc2c(C(=O)N[C@@H]3C[C@@H]3F)cnn12. The number of halogens is 2. The summed E-state index contributed by atoms with van der Waals surface area (Å²) in [6.45, 7) is 0. The van der Waals surface area contributed by atoms with Crippen LogP contribution in [0.1, 0.15) is 35.7 Å². The first-order chi connectivity index (χ1) is 14.9. The lowest BCUT2D eigenvalue weighted by molar-refractivity contribution is 0.0949. The summed E-state index contributed by atoms with van der Waals surface area (Å²) in [7, 11) is 1.69. The Balaban J connectivity index is 1.47. The molecule has 3 aromatic rings. The minimum atomic E-state index is -1.02. The highest BCUT2D eigenvalue weighted by atomic mass is 19.1. The van der Waals surface area contributed by atoms with Gasteiger partial charge >= 0.3 is 0 Å². The van der Waals surface area contributed by atoms with Gasteiger partial charge in [0.15, 0.2) is 5.65 Å². The van der Waals surface area contributed by atoms with Crippen LogP contribution in [0, 0.1) is 0 Å². The minimum absolute atomic E-state index is 0.153. The van der Waals surface area contributed by atoms with Crippen LogP contribution in [0.15, 0.2) is 35.4 Å². The predicted molar refractivity (Wildman–Crippen MR) is 110 cm³/mol. The number of hydrogen-bond acceptors (Lipinski definition) is 6. The van der Waals surface area contributed by atoms with Crippen LogP contribution in [0.2, 0.25) is 0 Å². The number of nitrogens with one attached hydrogen (secondary N) is 3. The number of alkyl halides is 2. The molecule has 2 fully saturated rings. The molecule has 0 bridgehead atoms. The summed E-state index contributed by atoms with van der Waals surface area (Å²) < 4.78 is 29.4. The second-order valence-corrected chi connectivity index (χ2v) is 7.88. The summed E-state index contributed by atoms with van der Waals surface area (Å²) in [6.07, 6.45) is 2.08. The monoisotopic (exact) mass is 429 g/mol. The molecule has 0 aliphatic heterocycles. The third-order valence-corrected chi connectivity index (χ3v) is 5.69. The quantitative estimate of drug-likeness (QED) is 0.555. The molecule has 162 valence electrons. The molecule has 9 nitrogen and oxygen atoms in total. The summed E-state index contributed by atoms with van der Waals surface area (Å²) in [6, 6.07) is 4.35. The van der Waals surface area contributed by atoms with Gasteiger partial charge in [-0.1, -0.05) is 0 Å². The van der Waals surface area contributed by atoms with E-state index < -0.39 is 24.3 Å². The average molecular weight is 429 g/mol. The van der Waals surface area contributed by atoms with E-state index in [1.807, 2.05) is 0 Å². The maximum absolute atomic E-state index is 13.2. The summed E-state index contributed by atoms with van der Waals surface area (Å²) in [5, 5.41) is 12.8. The molecular formula is C20H21F2N7O2. The lowest BCUT2D eigenvalue weighted by atomic mass is 9.90. The summed E-state index contributed by atoms with van der Waals surface area (Å²) in [5.41, 5.74) is 0.473. The molecule has 3 aromatic heterocycles. The Morgan fingerprint density at radius 3 is 2.71 bits per heavy atom. The molecule has 0 radical (unpaired) electrons. The Morgan fingerprint density at radius 2 is 2.03 bits per heavy atom. The number of anilines is 3. The molecule has 2 saturated carbocycles. The molecule has 0 spiro atoms. The van der Waals surface area contributed by atoms with E-state index in [0.717, 1.165) is 0 Å². The molecule has 2 aliphatic rings. The lowest BCUT2D eigenvalue weighted by Gasteiger charge is -2.31. The molecule has 0 aromatic carbocycles. The number of aromatic nitrogens is 4. The third-order valence-electron chi connectivity index (χ3n) is 5.69. The van der Waals surface area contributed by atoms with Crippen LogP contribution in [0.3, 0.4) is 0 Å². The van der Waals surface area contributed by atoms with E-state index in [0.29, 0.717) is 30.9 Å². The second kappa shape index (κ2) is 7.33. The fourth-order valence-electron chi connectivity index (χ4n) is 3.70. The first-order valence-corrected chi connectivity index (χ1v) is 10.1. The van der Waals surface area contributed by atoms with Gasteiger partial charge in [-0.05, 0) is 25.0 Å². The van der Waals surface area contributed by atoms with E-state index in [2.05, 4.69) is 26.0 Å². The fraction of sp³-hybridized carbons (Fsp3) is 0.400. The predicted octanol–water partition coefficient (Wildman–Crippen LogP) is 2.19. The Morgan fingerprint density at radius 1 is 1.26 bits per heavy atom. The van der Waals surface area contributed by atoms with Crippen LogP contribution in [0.4, 0.5) is 26.1 Å². The molecule has 2 atom stereocenters. The molecule has 31 heavy (non-hydrogen) atoms. The van der Waals surface area contributed by atoms with Gasteiger partial charge in [0, 0.05) is 31.8 Å². The standard InChI is InChI=1S/C20H21F2N7O2/c1-23-17-8-16(25-14-3-2-4-28(20(14)31)11-5-10(21)6-11)27-18-12(9-24-29(17)18)19(30)26-15-7-13(15)22/h2-4,8-11,13,15,23H,5-7H2,1H3,(H,25,27)(H,26,30)/t10?,11?,13-,15+/m0/s1. The lowest BCUT2D eigenvalue weighted by Crippen LogP contribution is -2.35. The molecule has 5 rings (SSSR count). The van der Waals surface area contributed by atoms with E-state index in [1.54, 1.807) is 31.4 Å². The van der Waals surface area contributed by atoms with E-state index in [1.165, 1.54) is 15.3 Å². The minimum Gasteiger partial charge on any atom is -0.373 e. The van der Waals surface area contributed by atoms with Crippen molar-refractivity contribution < 1.29 is 13.6 Å². The largest absolute Gasteiger partial charge is 0.373 e. The highest BCUT2D eigenvalue weighted by Gasteiger charge is 2.39. The number of hydrogen-bond donors (Lipinski definition) is 3. The number of nitrogens with zero attached hydrogens (tertiary/aromatic N) is 4. The Hall–Kier alpha value is -3.50. The van der Waals surface area contributed by atoms with Gasteiger partial charge < -0.3 is 20.5 Å². The summed E-state index contributed by atoms with van der Waals surface area (Å²) in [4.78, 5) is 29.8. The van der Waals surface area contributed by atoms with Crippen molar-refractivity contribution in [3.8, 4) is 0 Å². The van der Waals surface area contributed by atoms with Crippen LogP contribution in [-0.4, -0.2) is 50.5 Å². The van der Waals surface area contributed by atoms with Crippen molar-refractivity contribution in [2.24, 2.45) is 0 Å². The van der Waals surface area contributed by atoms with Gasteiger partial charge in [-0.2, -0.15) is 9.61 Å². The maximum Gasteiger partial charge on any atom is 0.274 e. The topological polar surface area (TPSA) is 105 Å². The number of rotatable bonds is 6. The fourth-order valence-corrected chi connectivity index (χ4v) is 3.70. The zero-order valence-electron chi connectivity index (χ0n) is 16.7. The summed E-state index contributed by atoms with van der Waals surface area (Å²) >= 11 is 0. The van der Waals surface area contributed by atoms with Crippen molar-refractivity contribution in [3.05, 3.63) is 46.5 Å². The van der Waals surface area contributed by atoms with Crippen molar-refractivity contribution in [3.63, 3.8) is 0 Å². The van der Waals surface area contributed by atoms with Crippen LogP contribution < -0.4 is 21.5 Å². The van der Waals surface area contributed by atoms with E-state index in [9.17, 15) is 18.4 Å². The van der Waals surface area contributed by atoms with Crippen LogP contribution in [0.5, 0.6) is 0 Å². The molecule has 0 unspecified atom stereocenters. The van der Waals surface area contributed by atoms with Crippen LogP contribution in [0.25, 0.3) is 5.65 Å². The number of amides is 1. The number of carbonyl (C=O) groups is 1. The average Bonchev–Trinajstić information content (AvgIpc) is 3.24. The van der Waals surface area contributed by atoms with Gasteiger partial charge in [0.2, 0.25) is 0 Å². The number of pyridine rings is 1. The van der Waals surface area contributed by atoms with Crippen molar-refractivity contribution in [2.45, 2.75) is 43.7 Å². The smallest absolute Gasteiger partial charge is 0.274 e. The molecule has 3 N–H and O–H groups in total. The van der Waals surface area contributed by atoms with Crippen LogP contribution in [-0.2, 0) is 0 Å². The van der Waals surface area contributed by atoms with E-state index in [-0.39, 0.29) is 28.5 Å². The van der Waals surface area contributed by atoms with Gasteiger partial charge in [0.05, 0.1) is 12.2 Å². The first kappa shape index (κ1) is 19.5. The number of carbonyl (C=O) groups excluding carboxylic acids is 1. The number of fused-ring (bicyclic) bond motifs is 1. The highest BCUT2D eigenvalue weighted by Crippen LogP contribution is 2.33. The molecule has 0 saturated heterocycles. The highest BCUT2D eigenvalue weighted by molar-refractivity contribution is 6.00. The molecule has 11 heteroatoms. The molecule has 2 aliphatic carbocycles. The van der Waals surface area contributed by atoms with Gasteiger partial charge in [0.1, 0.15) is 35.2 Å². The Labute approximate surface area is 175 Å². The van der Waals surface area contributed by atoms with Crippen molar-refractivity contribution in [1.29, 1.82) is 0 Å². The van der Waals surface area contributed by atoms with Gasteiger partial charge in [-0.25, -0.2) is 13.8 Å². The molecule has 3 heterocycles. The molecular weight excluding hydrogens is 408 g/mol. The van der Waals surface area contributed by atoms with Gasteiger partial charge in [-0.15, -0.1) is 0 Å². The van der Waals surface area contributed by atoms with Crippen molar-refractivity contribution in [2.75, 3.05) is 17.7 Å². The second-order valence-electron chi connectivity index (χ2n) is 7.88. The van der Waals surface area contributed by atoms with Gasteiger partial charge in [-0.3, -0.25) is 9.59 Å². The normalized spacial score (nSPS) is 24.5. The Bertz CT molecular complexity index is 1220. The van der Waals surface area contributed by atoms with Crippen molar-refractivity contribution in [1.82, 2.24) is 24.5 Å². The first-order valence-electron chi connectivity index (χ1n) is 10.1. The van der Waals surface area contributed by atoms with Crippen LogP contribution >= 0.6 is 0 Å². The zero-order chi connectivity index (χ0) is 21.7. The third kappa shape index (κ3) is 3.49. The molecule has 1 amide bonds. The maximum atomic E-state index is 13.2. The van der Waals surface area contributed by atoms with E-state index in [4.69, 9.17) is 0 Å². The summed E-state index contributed by atoms with van der Waals surface area (Å²) in [5.74, 6) is 0.407.